The summed E-state index contributed by atoms with van der Waals surface area (Å²) in [5, 5.41) is 11.1. The summed E-state index contributed by atoms with van der Waals surface area (Å²) in [6.07, 6.45) is 9.30. The monoisotopic (exact) mass is 404 g/mol. The Hall–Kier alpha value is -0.900. The van der Waals surface area contributed by atoms with Crippen LogP contribution in [0.3, 0.4) is 0 Å². The molecule has 9 atom stereocenters. The average Bonchev–Trinajstić information content (AvgIpc) is 3.05. The number of carbonyl (C=O) groups is 2. The minimum absolute atomic E-state index is 0.0959. The third kappa shape index (κ3) is 3.38. The summed E-state index contributed by atoms with van der Waals surface area (Å²) in [6.45, 7) is 7.22. The van der Waals surface area contributed by atoms with Crippen molar-refractivity contribution in [3.8, 4) is 0 Å². The van der Waals surface area contributed by atoms with Crippen molar-refractivity contribution in [3.05, 3.63) is 0 Å². The van der Waals surface area contributed by atoms with E-state index in [9.17, 15) is 14.7 Å². The molecule has 4 heteroatoms. The number of aliphatic hydroxyl groups is 1. The fourth-order valence-electron chi connectivity index (χ4n) is 8.71. The molecule has 4 fully saturated rings. The molecule has 4 saturated carbocycles. The molecule has 0 spiro atoms. The van der Waals surface area contributed by atoms with Gasteiger partial charge in [-0.15, -0.1) is 0 Å². The zero-order chi connectivity index (χ0) is 21.0. The van der Waals surface area contributed by atoms with Gasteiger partial charge in [0.15, 0.2) is 0 Å². The predicted molar refractivity (Wildman–Crippen MR) is 112 cm³/mol. The molecule has 0 heterocycles. The number of esters is 1. The summed E-state index contributed by atoms with van der Waals surface area (Å²) in [4.78, 5) is 23.7. The van der Waals surface area contributed by atoms with E-state index in [2.05, 4.69) is 20.8 Å². The van der Waals surface area contributed by atoms with Crippen molar-refractivity contribution in [3.63, 3.8) is 0 Å². The third-order valence-electron chi connectivity index (χ3n) is 10.3. The summed E-state index contributed by atoms with van der Waals surface area (Å²) in [5.74, 6) is 3.55. The summed E-state index contributed by atoms with van der Waals surface area (Å²) < 4.78 is 4.86. The summed E-state index contributed by atoms with van der Waals surface area (Å²) >= 11 is 0. The van der Waals surface area contributed by atoms with Gasteiger partial charge in [-0.2, -0.15) is 0 Å². The van der Waals surface area contributed by atoms with Crippen molar-refractivity contribution in [1.82, 2.24) is 0 Å². The van der Waals surface area contributed by atoms with Crippen molar-refractivity contribution < 1.29 is 19.4 Å². The van der Waals surface area contributed by atoms with E-state index < -0.39 is 0 Å². The van der Waals surface area contributed by atoms with Crippen LogP contribution in [0.1, 0.15) is 85.0 Å². The maximum Gasteiger partial charge on any atom is 0.305 e. The summed E-state index contributed by atoms with van der Waals surface area (Å²) in [5.41, 5.74) is 0.455. The molecule has 0 bridgehead atoms. The topological polar surface area (TPSA) is 63.6 Å². The first-order chi connectivity index (χ1) is 13.7. The molecule has 4 unspecified atom stereocenters. The van der Waals surface area contributed by atoms with Crippen molar-refractivity contribution in [1.29, 1.82) is 0 Å². The number of ketones is 1. The van der Waals surface area contributed by atoms with E-state index in [4.69, 9.17) is 4.74 Å². The van der Waals surface area contributed by atoms with Gasteiger partial charge < -0.3 is 9.84 Å². The Balaban J connectivity index is 1.52. The first-order valence-corrected chi connectivity index (χ1v) is 12.0. The smallest absolute Gasteiger partial charge is 0.305 e. The highest BCUT2D eigenvalue weighted by molar-refractivity contribution is 5.79. The maximum absolute atomic E-state index is 12.1. The van der Waals surface area contributed by atoms with Gasteiger partial charge in [0.05, 0.1) is 13.2 Å². The number of Topliss-reactive ketones (excluding diaryl/α,β-unsaturated/α-hetero) is 1. The van der Waals surface area contributed by atoms with Gasteiger partial charge in [0.25, 0.3) is 0 Å². The molecule has 1 N–H and O–H groups in total. The van der Waals surface area contributed by atoms with Crippen molar-refractivity contribution in [2.75, 3.05) is 7.11 Å². The first kappa shape index (κ1) is 21.3. The Morgan fingerprint density at radius 3 is 2.59 bits per heavy atom. The minimum Gasteiger partial charge on any atom is -0.469 e. The van der Waals surface area contributed by atoms with E-state index >= 15 is 0 Å². The molecule has 4 nitrogen and oxygen atoms in total. The second-order valence-electron chi connectivity index (χ2n) is 11.4. The van der Waals surface area contributed by atoms with E-state index in [-0.39, 0.29) is 23.4 Å². The van der Waals surface area contributed by atoms with Crippen LogP contribution in [0, 0.1) is 46.3 Å². The quantitative estimate of drug-likeness (QED) is 0.685. The van der Waals surface area contributed by atoms with Crippen LogP contribution in [-0.2, 0) is 14.3 Å². The van der Waals surface area contributed by atoms with Crippen molar-refractivity contribution in [2.45, 2.75) is 91.1 Å². The molecule has 4 aliphatic rings. The van der Waals surface area contributed by atoms with Crippen molar-refractivity contribution in [2.24, 2.45) is 46.3 Å². The fourth-order valence-corrected chi connectivity index (χ4v) is 8.71. The second kappa shape index (κ2) is 7.66. The number of rotatable bonds is 4. The lowest BCUT2D eigenvalue weighted by Gasteiger charge is -2.61. The van der Waals surface area contributed by atoms with E-state index in [0.29, 0.717) is 60.1 Å². The molecule has 4 rings (SSSR count). The highest BCUT2D eigenvalue weighted by Crippen LogP contribution is 2.68. The highest BCUT2D eigenvalue weighted by atomic mass is 16.5. The Labute approximate surface area is 176 Å². The average molecular weight is 405 g/mol. The lowest BCUT2D eigenvalue weighted by molar-refractivity contribution is -0.166. The number of fused-ring (bicyclic) bond motifs is 5. The molecule has 0 saturated heterocycles. The van der Waals surface area contributed by atoms with Crippen LogP contribution in [0.2, 0.25) is 0 Å². The standard InChI is InChI=1S/C25H40O4/c1-15(5-8-23(28)29-4)18-6-7-19-17-14-22(27)21-13-16(26)9-11-25(21,3)20(17)10-12-24(18,19)2/h15,17-22,27H,5-14H2,1-4H3/t15?,17?,18-,19?,20?,21-,22-,24-,25-/m1/s1. The van der Waals surface area contributed by atoms with Crippen LogP contribution in [0.4, 0.5) is 0 Å². The molecule has 0 aromatic heterocycles. The van der Waals surface area contributed by atoms with Gasteiger partial charge in [-0.05, 0) is 91.3 Å². The Morgan fingerprint density at radius 2 is 1.86 bits per heavy atom. The molecule has 0 radical (unpaired) electrons. The number of hydrogen-bond donors (Lipinski definition) is 1. The number of carbonyl (C=O) groups excluding carboxylic acids is 2. The number of aliphatic hydroxyl groups excluding tert-OH is 1. The lowest BCUT2D eigenvalue weighted by atomic mass is 9.44. The van der Waals surface area contributed by atoms with Gasteiger partial charge in [-0.25, -0.2) is 0 Å². The molecule has 164 valence electrons. The van der Waals surface area contributed by atoms with E-state index in [1.165, 1.54) is 32.8 Å². The van der Waals surface area contributed by atoms with Crippen LogP contribution < -0.4 is 0 Å². The Bertz CT molecular complexity index is 659. The predicted octanol–water partition coefficient (Wildman–Crippen LogP) is 4.77. The van der Waals surface area contributed by atoms with Gasteiger partial charge in [-0.1, -0.05) is 20.8 Å². The second-order valence-corrected chi connectivity index (χ2v) is 11.4. The van der Waals surface area contributed by atoms with Crippen LogP contribution in [0.25, 0.3) is 0 Å². The van der Waals surface area contributed by atoms with Gasteiger partial charge >= 0.3 is 5.97 Å². The van der Waals surface area contributed by atoms with Gasteiger partial charge in [0.1, 0.15) is 5.78 Å². The molecule has 0 aliphatic heterocycles. The Morgan fingerprint density at radius 1 is 1.14 bits per heavy atom. The Kier molecular flexibility index (Phi) is 5.63. The van der Waals surface area contributed by atoms with Crippen LogP contribution in [-0.4, -0.2) is 30.1 Å². The largest absolute Gasteiger partial charge is 0.469 e. The number of hydrogen-bond acceptors (Lipinski definition) is 4. The zero-order valence-electron chi connectivity index (χ0n) is 18.8. The lowest BCUT2D eigenvalue weighted by Crippen LogP contribution is -2.58. The van der Waals surface area contributed by atoms with Gasteiger partial charge in [0.2, 0.25) is 0 Å². The SMILES string of the molecule is COC(=O)CCC(C)[C@H]1CCC2C3C[C@@H](O)[C@H]4CC(=O)CC[C@]4(C)C3CC[C@@]21C. The van der Waals surface area contributed by atoms with E-state index in [1.54, 1.807) is 0 Å². The highest BCUT2D eigenvalue weighted by Gasteiger charge is 2.62. The fraction of sp³-hybridized carbons (Fsp3) is 0.920. The van der Waals surface area contributed by atoms with Gasteiger partial charge in [0, 0.05) is 19.3 Å². The van der Waals surface area contributed by atoms with Crippen LogP contribution in [0.5, 0.6) is 0 Å². The molecule has 0 aromatic carbocycles. The first-order valence-electron chi connectivity index (χ1n) is 12.0. The maximum atomic E-state index is 12.1. The summed E-state index contributed by atoms with van der Waals surface area (Å²) in [6, 6.07) is 0. The zero-order valence-corrected chi connectivity index (χ0v) is 18.8. The third-order valence-corrected chi connectivity index (χ3v) is 10.3. The summed E-state index contributed by atoms with van der Waals surface area (Å²) in [7, 11) is 1.47. The molecule has 0 aromatic rings. The molecule has 29 heavy (non-hydrogen) atoms. The van der Waals surface area contributed by atoms with E-state index in [0.717, 1.165) is 19.3 Å². The molecule has 4 aliphatic carbocycles. The molecule has 0 amide bonds. The van der Waals surface area contributed by atoms with E-state index in [1.807, 2.05) is 0 Å². The van der Waals surface area contributed by atoms with Gasteiger partial charge in [-0.3, -0.25) is 9.59 Å². The van der Waals surface area contributed by atoms with Crippen LogP contribution in [0.15, 0.2) is 0 Å². The number of methoxy groups -OCH3 is 1. The van der Waals surface area contributed by atoms with Crippen LogP contribution >= 0.6 is 0 Å². The minimum atomic E-state index is -0.316. The van der Waals surface area contributed by atoms with Crippen molar-refractivity contribution >= 4 is 11.8 Å². The number of ether oxygens (including phenoxy) is 1. The molecular weight excluding hydrogens is 364 g/mol. The molecular formula is C25H40O4. The normalized spacial score (nSPS) is 47.7.